The first-order valence-corrected chi connectivity index (χ1v) is 7.54. The molecule has 94 valence electrons. The summed E-state index contributed by atoms with van der Waals surface area (Å²) in [5, 5.41) is 5.25. The number of thiophene rings is 1. The fourth-order valence-electron chi connectivity index (χ4n) is 2.18. The van der Waals surface area contributed by atoms with E-state index in [2.05, 4.69) is 21.2 Å². The molecule has 17 heavy (non-hydrogen) atoms. The van der Waals surface area contributed by atoms with E-state index >= 15 is 0 Å². The molecule has 5 heteroatoms. The summed E-state index contributed by atoms with van der Waals surface area (Å²) in [5.74, 6) is 0.776. The van der Waals surface area contributed by atoms with Crippen molar-refractivity contribution in [1.82, 2.24) is 10.2 Å². The third-order valence-corrected chi connectivity index (χ3v) is 4.66. The molecule has 2 rings (SSSR count). The van der Waals surface area contributed by atoms with Crippen molar-refractivity contribution in [2.24, 2.45) is 5.92 Å². The number of nitrogens with zero attached hydrogens (tertiary/aromatic N) is 1. The minimum absolute atomic E-state index is 0.130. The smallest absolute Gasteiger partial charge is 0.254 e. The maximum Gasteiger partial charge on any atom is 0.254 e. The molecule has 0 aliphatic carbocycles. The van der Waals surface area contributed by atoms with Crippen molar-refractivity contribution in [2.75, 3.05) is 26.7 Å². The molecule has 1 amide bonds. The fraction of sp³-hybridized carbons (Fsp3) is 0.583. The molecule has 1 aliphatic heterocycles. The Morgan fingerprint density at radius 1 is 1.59 bits per heavy atom. The van der Waals surface area contributed by atoms with Crippen LogP contribution < -0.4 is 5.32 Å². The lowest BCUT2D eigenvalue weighted by Crippen LogP contribution is -2.37. The van der Waals surface area contributed by atoms with E-state index in [9.17, 15) is 4.79 Å². The maximum atomic E-state index is 12.1. The lowest BCUT2D eigenvalue weighted by molar-refractivity contribution is 0.0763. The molecule has 0 bridgehead atoms. The highest BCUT2D eigenvalue weighted by Gasteiger charge is 2.19. The van der Waals surface area contributed by atoms with Crippen LogP contribution in [0, 0.1) is 5.92 Å². The van der Waals surface area contributed by atoms with Crippen LogP contribution in [0.2, 0.25) is 0 Å². The van der Waals surface area contributed by atoms with Crippen LogP contribution in [0.4, 0.5) is 0 Å². The monoisotopic (exact) mass is 316 g/mol. The third-order valence-electron chi connectivity index (χ3n) is 3.15. The highest BCUT2D eigenvalue weighted by atomic mass is 79.9. The van der Waals surface area contributed by atoms with Gasteiger partial charge in [-0.3, -0.25) is 4.79 Å². The Labute approximate surface area is 114 Å². The van der Waals surface area contributed by atoms with Crippen LogP contribution in [-0.4, -0.2) is 37.5 Å². The van der Waals surface area contributed by atoms with E-state index in [1.807, 2.05) is 23.4 Å². The molecule has 1 saturated heterocycles. The number of amides is 1. The zero-order valence-electron chi connectivity index (χ0n) is 9.91. The summed E-state index contributed by atoms with van der Waals surface area (Å²) in [6.07, 6.45) is 2.34. The molecule has 1 aromatic rings. The number of carbonyl (C=O) groups excluding carboxylic acids is 1. The number of nitrogens with one attached hydrogen (secondary N) is 1. The summed E-state index contributed by atoms with van der Waals surface area (Å²) < 4.78 is 1.01. The summed E-state index contributed by atoms with van der Waals surface area (Å²) >= 11 is 4.94. The van der Waals surface area contributed by atoms with Crippen LogP contribution in [0.25, 0.3) is 0 Å². The van der Waals surface area contributed by atoms with Gasteiger partial charge in [-0.05, 0) is 53.8 Å². The molecular weight excluding hydrogens is 300 g/mol. The first-order chi connectivity index (χ1) is 8.16. The van der Waals surface area contributed by atoms with E-state index in [0.29, 0.717) is 5.92 Å². The van der Waals surface area contributed by atoms with Gasteiger partial charge < -0.3 is 10.2 Å². The van der Waals surface area contributed by atoms with Gasteiger partial charge in [0.2, 0.25) is 0 Å². The third kappa shape index (κ3) is 3.53. The van der Waals surface area contributed by atoms with E-state index in [-0.39, 0.29) is 5.91 Å². The Morgan fingerprint density at radius 3 is 2.88 bits per heavy atom. The van der Waals surface area contributed by atoms with Crippen molar-refractivity contribution < 1.29 is 4.79 Å². The fourth-order valence-corrected chi connectivity index (χ4v) is 3.31. The second-order valence-corrected chi connectivity index (χ2v) is 6.81. The first-order valence-electron chi connectivity index (χ1n) is 5.87. The normalized spacial score (nSPS) is 17.1. The van der Waals surface area contributed by atoms with Crippen molar-refractivity contribution in [3.8, 4) is 0 Å². The SMILES string of the molecule is CN(CC1CCNCC1)C(=O)c1csc(Br)c1. The molecule has 3 nitrogen and oxygen atoms in total. The van der Waals surface area contributed by atoms with Gasteiger partial charge in [-0.1, -0.05) is 0 Å². The van der Waals surface area contributed by atoms with Gasteiger partial charge in [-0.25, -0.2) is 0 Å². The van der Waals surface area contributed by atoms with Gasteiger partial charge in [0.1, 0.15) is 0 Å². The van der Waals surface area contributed by atoms with Crippen LogP contribution in [-0.2, 0) is 0 Å². The van der Waals surface area contributed by atoms with E-state index < -0.39 is 0 Å². The first kappa shape index (κ1) is 13.1. The Kier molecular flexibility index (Phi) is 4.59. The molecule has 0 unspecified atom stereocenters. The molecular formula is C12H17BrN2OS. The summed E-state index contributed by atoms with van der Waals surface area (Å²) in [6.45, 7) is 3.03. The van der Waals surface area contributed by atoms with Crippen molar-refractivity contribution in [3.05, 3.63) is 20.8 Å². The summed E-state index contributed by atoms with van der Waals surface area (Å²) in [5.41, 5.74) is 0.790. The average Bonchev–Trinajstić information content (AvgIpc) is 2.76. The Hall–Kier alpha value is -0.390. The van der Waals surface area contributed by atoms with E-state index in [1.54, 1.807) is 11.3 Å². The Balaban J connectivity index is 1.90. The van der Waals surface area contributed by atoms with E-state index in [0.717, 1.165) is 29.0 Å². The summed E-state index contributed by atoms with van der Waals surface area (Å²) in [4.78, 5) is 14.0. The highest BCUT2D eigenvalue weighted by Crippen LogP contribution is 2.22. The van der Waals surface area contributed by atoms with Crippen molar-refractivity contribution in [3.63, 3.8) is 0 Å². The van der Waals surface area contributed by atoms with Crippen LogP contribution in [0.1, 0.15) is 23.2 Å². The van der Waals surface area contributed by atoms with Crippen molar-refractivity contribution in [2.45, 2.75) is 12.8 Å². The van der Waals surface area contributed by atoms with Gasteiger partial charge in [0, 0.05) is 19.0 Å². The molecule has 0 atom stereocenters. The van der Waals surface area contributed by atoms with E-state index in [4.69, 9.17) is 0 Å². The quantitative estimate of drug-likeness (QED) is 0.929. The number of hydrogen-bond acceptors (Lipinski definition) is 3. The maximum absolute atomic E-state index is 12.1. The standard InChI is InChI=1S/C12H17BrN2OS/c1-15(7-9-2-4-14-5-3-9)12(16)10-6-11(13)17-8-10/h6,8-9,14H,2-5,7H2,1H3. The van der Waals surface area contributed by atoms with Gasteiger partial charge in [0.05, 0.1) is 9.35 Å². The van der Waals surface area contributed by atoms with Gasteiger partial charge in [-0.2, -0.15) is 0 Å². The van der Waals surface area contributed by atoms with Crippen LogP contribution in [0.5, 0.6) is 0 Å². The van der Waals surface area contributed by atoms with Gasteiger partial charge in [-0.15, -0.1) is 11.3 Å². The number of piperidine rings is 1. The molecule has 1 aliphatic rings. The predicted octanol–water partition coefficient (Wildman–Crippen LogP) is 2.58. The van der Waals surface area contributed by atoms with Crippen LogP contribution in [0.15, 0.2) is 15.2 Å². The topological polar surface area (TPSA) is 32.3 Å². The molecule has 0 aromatic carbocycles. The van der Waals surface area contributed by atoms with Gasteiger partial charge >= 0.3 is 0 Å². The molecule has 1 aromatic heterocycles. The lowest BCUT2D eigenvalue weighted by atomic mass is 9.97. The minimum atomic E-state index is 0.130. The Bertz CT molecular complexity index is 388. The number of rotatable bonds is 3. The van der Waals surface area contributed by atoms with E-state index in [1.165, 1.54) is 12.8 Å². The minimum Gasteiger partial charge on any atom is -0.341 e. The second kappa shape index (κ2) is 5.98. The van der Waals surface area contributed by atoms with Crippen LogP contribution >= 0.6 is 27.3 Å². The number of halogens is 1. The second-order valence-electron chi connectivity index (χ2n) is 4.52. The summed E-state index contributed by atoms with van der Waals surface area (Å²) in [6, 6.07) is 1.89. The van der Waals surface area contributed by atoms with Gasteiger partial charge in [0.15, 0.2) is 0 Å². The Morgan fingerprint density at radius 2 is 2.29 bits per heavy atom. The van der Waals surface area contributed by atoms with Crippen molar-refractivity contribution in [1.29, 1.82) is 0 Å². The average molecular weight is 317 g/mol. The van der Waals surface area contributed by atoms with Crippen LogP contribution in [0.3, 0.4) is 0 Å². The highest BCUT2D eigenvalue weighted by molar-refractivity contribution is 9.11. The lowest BCUT2D eigenvalue weighted by Gasteiger charge is -2.27. The molecule has 0 saturated carbocycles. The predicted molar refractivity (Wildman–Crippen MR) is 74.6 cm³/mol. The van der Waals surface area contributed by atoms with Crippen molar-refractivity contribution >= 4 is 33.2 Å². The largest absolute Gasteiger partial charge is 0.341 e. The molecule has 1 fully saturated rings. The molecule has 1 N–H and O–H groups in total. The molecule has 0 radical (unpaired) electrons. The zero-order valence-corrected chi connectivity index (χ0v) is 12.3. The molecule has 2 heterocycles. The number of carbonyl (C=O) groups is 1. The number of hydrogen-bond donors (Lipinski definition) is 1. The summed E-state index contributed by atoms with van der Waals surface area (Å²) in [7, 11) is 1.90. The zero-order chi connectivity index (χ0) is 12.3. The van der Waals surface area contributed by atoms with Gasteiger partial charge in [0.25, 0.3) is 5.91 Å². The molecule has 0 spiro atoms.